The Hall–Kier alpha value is -2.54. The van der Waals surface area contributed by atoms with Gasteiger partial charge in [-0.2, -0.15) is 15.3 Å². The van der Waals surface area contributed by atoms with Crippen molar-refractivity contribution >= 4 is 54.7 Å². The van der Waals surface area contributed by atoms with E-state index in [2.05, 4.69) is 30.7 Å². The minimum Gasteiger partial charge on any atom is -0.310 e. The van der Waals surface area contributed by atoms with Gasteiger partial charge < -0.3 is 5.32 Å². The largest absolute Gasteiger partial charge is 0.310 e. The maximum Gasteiger partial charge on any atom is 0.214 e. The number of aromatic nitrogens is 5. The summed E-state index contributed by atoms with van der Waals surface area (Å²) in [6.07, 6.45) is 4.40. The lowest BCUT2D eigenvalue weighted by molar-refractivity contribution is -0.117. The first-order chi connectivity index (χ1) is 13.1. The number of nitrogens with one attached hydrogen (secondary N) is 2. The van der Waals surface area contributed by atoms with Gasteiger partial charge in [0.05, 0.1) is 49.5 Å². The number of nitrogens with zero attached hydrogens (tertiary/aromatic N) is 4. The van der Waals surface area contributed by atoms with E-state index >= 15 is 0 Å². The zero-order valence-corrected chi connectivity index (χ0v) is 15.6. The highest BCUT2D eigenvalue weighted by atomic mass is 35.5. The van der Waals surface area contributed by atoms with Crippen LogP contribution in [0.4, 0.5) is 5.82 Å². The number of amides is 1. The van der Waals surface area contributed by atoms with Crippen LogP contribution in [0.5, 0.6) is 0 Å². The summed E-state index contributed by atoms with van der Waals surface area (Å²) in [4.78, 5) is 16.7. The number of carbonyl (C=O) groups excluding carboxylic acids is 1. The average molecular weight is 382 g/mol. The molecule has 12 heteroatoms. The van der Waals surface area contributed by atoms with Crippen molar-refractivity contribution in [2.24, 2.45) is 0 Å². The number of carbonyl (C=O) groups is 1. The Balaban J connectivity index is 1.86. The number of rotatable bonds is 5. The van der Waals surface area contributed by atoms with Crippen LogP contribution in [-0.2, 0) is 10.0 Å². The lowest BCUT2D eigenvalue weighted by atomic mass is 9.28. The van der Waals surface area contributed by atoms with E-state index in [1.54, 1.807) is 19.2 Å². The molecule has 0 spiro atoms. The second kappa shape index (κ2) is 7.47. The summed E-state index contributed by atoms with van der Waals surface area (Å²) < 4.78 is 0. The predicted molar refractivity (Wildman–Crippen MR) is 110 cm³/mol. The topological polar surface area (TPSA) is 96.5 Å². The van der Waals surface area contributed by atoms with Crippen LogP contribution in [0.2, 0.25) is 10.4 Å². The fraction of sp³-hybridized carbons (Fsp3) is 0.188. The fourth-order valence-electron chi connectivity index (χ4n) is 2.50. The maximum atomic E-state index is 12.8. The smallest absolute Gasteiger partial charge is 0.214 e. The van der Waals surface area contributed by atoms with Crippen molar-refractivity contribution in [3.05, 3.63) is 53.1 Å². The molecule has 0 atom stereocenters. The normalized spacial score (nSPS) is 11.9. The molecule has 0 unspecified atom stereocenters. The molecule has 8 radical (unpaired) electrons. The highest BCUT2D eigenvalue weighted by Gasteiger charge is 2.42. The first kappa shape index (κ1) is 20.2. The zero-order chi connectivity index (χ0) is 20.5. The van der Waals surface area contributed by atoms with E-state index in [4.69, 9.17) is 43.0 Å². The second-order valence-corrected chi connectivity index (χ2v) is 6.65. The third kappa shape index (κ3) is 3.58. The molecule has 0 fully saturated rings. The number of H-pyrrole nitrogens is 1. The Morgan fingerprint density at radius 2 is 1.89 bits per heavy atom. The van der Waals surface area contributed by atoms with Gasteiger partial charge in [-0.3, -0.25) is 9.89 Å². The van der Waals surface area contributed by atoms with Gasteiger partial charge in [0.1, 0.15) is 5.15 Å². The quantitative estimate of drug-likeness (QED) is 0.503. The molecule has 0 aliphatic heterocycles. The van der Waals surface area contributed by atoms with Gasteiger partial charge in [-0.15, -0.1) is 0 Å². The molecule has 3 aromatic rings. The van der Waals surface area contributed by atoms with Gasteiger partial charge in [0, 0.05) is 17.3 Å². The molecular weight excluding hydrogens is 371 g/mol. The number of hydrogen-bond donors (Lipinski definition) is 2. The van der Waals surface area contributed by atoms with Crippen LogP contribution in [0, 0.1) is 6.92 Å². The van der Waals surface area contributed by atoms with Gasteiger partial charge >= 0.3 is 0 Å². The third-order valence-corrected chi connectivity index (χ3v) is 4.60. The van der Waals surface area contributed by atoms with Gasteiger partial charge in [-0.1, -0.05) is 22.9 Å². The summed E-state index contributed by atoms with van der Waals surface area (Å²) in [5.41, 5.74) is 2.27. The summed E-state index contributed by atoms with van der Waals surface area (Å²) in [5.74, 6) is -0.608. The molecule has 3 heterocycles. The lowest BCUT2D eigenvalue weighted by Gasteiger charge is -2.42. The van der Waals surface area contributed by atoms with E-state index in [0.29, 0.717) is 11.3 Å². The molecular formula is C16H11B4ClN6O. The monoisotopic (exact) mass is 382 g/mol. The van der Waals surface area contributed by atoms with Gasteiger partial charge in [0.2, 0.25) is 5.91 Å². The van der Waals surface area contributed by atoms with E-state index in [9.17, 15) is 4.79 Å². The van der Waals surface area contributed by atoms with E-state index in [1.165, 1.54) is 24.5 Å². The molecule has 1 amide bonds. The van der Waals surface area contributed by atoms with Gasteiger partial charge in [0.15, 0.2) is 5.82 Å². The SMILES string of the molecule is [B]C([B])(C(=O)Nc1n[nH]c(-c2ccnnc2)c1C)C([B])([B])c1ccc(Cl)nc1. The van der Waals surface area contributed by atoms with Crippen LogP contribution in [0.25, 0.3) is 11.3 Å². The summed E-state index contributed by atoms with van der Waals surface area (Å²) in [7, 11) is 24.2. The number of hydrogen-bond acceptors (Lipinski definition) is 5. The van der Waals surface area contributed by atoms with Crippen LogP contribution >= 0.6 is 11.6 Å². The van der Waals surface area contributed by atoms with Crippen molar-refractivity contribution in [1.29, 1.82) is 0 Å². The number of aromatic amines is 1. The van der Waals surface area contributed by atoms with Gasteiger partial charge in [0.25, 0.3) is 0 Å². The Labute approximate surface area is 172 Å². The molecule has 2 N–H and O–H groups in total. The molecule has 7 nitrogen and oxygen atoms in total. The van der Waals surface area contributed by atoms with Crippen LogP contribution in [0.1, 0.15) is 11.1 Å². The van der Waals surface area contributed by atoms with Crippen molar-refractivity contribution in [2.75, 3.05) is 5.32 Å². The minimum atomic E-state index is -2.19. The molecule has 130 valence electrons. The van der Waals surface area contributed by atoms with Crippen molar-refractivity contribution in [3.63, 3.8) is 0 Å². The minimum absolute atomic E-state index is 0.224. The molecule has 28 heavy (non-hydrogen) atoms. The first-order valence-electron chi connectivity index (χ1n) is 8.05. The maximum absolute atomic E-state index is 12.8. The summed E-state index contributed by atoms with van der Waals surface area (Å²) >= 11 is 5.76. The standard InChI is InChI=1S/C16H11B4ClN6O/c1-8-12(9-4-5-23-24-6-9)26-27-13(8)25-14(28)16(19,20)15(17,18)10-2-3-11(21)22-7-10/h2-7H,1H3,(H2,25,26,27,28). The molecule has 0 saturated heterocycles. The number of pyridine rings is 1. The Morgan fingerprint density at radius 1 is 1.14 bits per heavy atom. The summed E-state index contributed by atoms with van der Waals surface area (Å²) in [6, 6.07) is 4.70. The molecule has 0 aliphatic carbocycles. The highest BCUT2D eigenvalue weighted by molar-refractivity contribution is 6.62. The molecule has 3 rings (SSSR count). The Kier molecular flexibility index (Phi) is 5.39. The van der Waals surface area contributed by atoms with Gasteiger partial charge in [-0.25, -0.2) is 4.98 Å². The second-order valence-electron chi connectivity index (χ2n) is 6.27. The number of halogens is 1. The lowest BCUT2D eigenvalue weighted by Crippen LogP contribution is -2.50. The molecule has 0 aliphatic rings. The van der Waals surface area contributed by atoms with Crippen molar-refractivity contribution in [1.82, 2.24) is 25.4 Å². The average Bonchev–Trinajstić information content (AvgIpc) is 3.03. The molecule has 0 bridgehead atoms. The number of anilines is 1. The van der Waals surface area contributed by atoms with E-state index < -0.39 is 16.3 Å². The van der Waals surface area contributed by atoms with Crippen LogP contribution in [0.3, 0.4) is 0 Å². The van der Waals surface area contributed by atoms with Crippen LogP contribution < -0.4 is 5.32 Å². The Morgan fingerprint density at radius 3 is 2.50 bits per heavy atom. The zero-order valence-electron chi connectivity index (χ0n) is 14.8. The summed E-state index contributed by atoms with van der Waals surface area (Å²) in [5, 5.41) is 13.1. The molecule has 0 aromatic carbocycles. The van der Waals surface area contributed by atoms with E-state index in [-0.39, 0.29) is 16.5 Å². The molecule has 3 aromatic heterocycles. The third-order valence-electron chi connectivity index (χ3n) is 4.38. The first-order valence-corrected chi connectivity index (χ1v) is 8.43. The van der Waals surface area contributed by atoms with E-state index in [0.717, 1.165) is 5.56 Å². The van der Waals surface area contributed by atoms with Crippen molar-refractivity contribution < 1.29 is 4.79 Å². The summed E-state index contributed by atoms with van der Waals surface area (Å²) in [6.45, 7) is 1.75. The fourth-order valence-corrected chi connectivity index (χ4v) is 2.61. The molecule has 0 saturated carbocycles. The van der Waals surface area contributed by atoms with Crippen molar-refractivity contribution in [2.45, 2.75) is 17.4 Å². The highest BCUT2D eigenvalue weighted by Crippen LogP contribution is 2.39. The van der Waals surface area contributed by atoms with Crippen LogP contribution in [0.15, 0.2) is 36.8 Å². The van der Waals surface area contributed by atoms with Crippen molar-refractivity contribution in [3.8, 4) is 11.3 Å². The van der Waals surface area contributed by atoms with Gasteiger partial charge in [-0.05, 0) is 29.8 Å². The van der Waals surface area contributed by atoms with E-state index in [1.807, 2.05) is 0 Å². The predicted octanol–water partition coefficient (Wildman–Crippen LogP) is 0.805. The Bertz CT molecular complexity index is 994. The van der Waals surface area contributed by atoms with Crippen LogP contribution in [-0.4, -0.2) is 62.7 Å².